The highest BCUT2D eigenvalue weighted by Crippen LogP contribution is 2.33. The van der Waals surface area contributed by atoms with Gasteiger partial charge in [-0.15, -0.1) is 0 Å². The first kappa shape index (κ1) is 15.3. The molecule has 6 heteroatoms. The summed E-state index contributed by atoms with van der Waals surface area (Å²) in [7, 11) is 0. The molecule has 1 saturated heterocycles. The molecule has 0 aromatic carbocycles. The van der Waals surface area contributed by atoms with E-state index in [1.807, 2.05) is 0 Å². The van der Waals surface area contributed by atoms with Gasteiger partial charge in [0.1, 0.15) is 0 Å². The normalized spacial score (nSPS) is 21.8. The lowest BCUT2D eigenvalue weighted by atomic mass is 9.91. The minimum atomic E-state index is -4.93. The fourth-order valence-electron chi connectivity index (χ4n) is 2.26. The first-order valence-electron chi connectivity index (χ1n) is 6.28. The topological polar surface area (TPSA) is 40.5 Å². The Kier molecular flexibility index (Phi) is 4.64. The van der Waals surface area contributed by atoms with E-state index in [-0.39, 0.29) is 0 Å². The van der Waals surface area contributed by atoms with E-state index in [1.165, 1.54) is 0 Å². The molecule has 0 radical (unpaired) electrons. The maximum absolute atomic E-state index is 12.5. The van der Waals surface area contributed by atoms with Gasteiger partial charge in [-0.3, -0.25) is 4.79 Å². The van der Waals surface area contributed by atoms with E-state index in [1.54, 1.807) is 0 Å². The zero-order chi connectivity index (χ0) is 14.0. The second kappa shape index (κ2) is 5.47. The highest BCUT2D eigenvalue weighted by molar-refractivity contribution is 5.85. The van der Waals surface area contributed by atoms with Gasteiger partial charge in [-0.2, -0.15) is 13.2 Å². The molecule has 3 nitrogen and oxygen atoms in total. The average molecular weight is 267 g/mol. The monoisotopic (exact) mass is 267 g/mol. The Morgan fingerprint density at radius 2 is 1.83 bits per heavy atom. The number of rotatable bonds is 3. The first-order chi connectivity index (χ1) is 8.20. The Morgan fingerprint density at radius 3 is 2.22 bits per heavy atom. The van der Waals surface area contributed by atoms with Crippen LogP contribution in [0.4, 0.5) is 13.2 Å². The predicted molar refractivity (Wildman–Crippen MR) is 60.9 cm³/mol. The number of amides is 1. The molecule has 1 heterocycles. The summed E-state index contributed by atoms with van der Waals surface area (Å²) < 4.78 is 37.6. The largest absolute Gasteiger partial charge is 0.426 e. The van der Waals surface area contributed by atoms with Crippen LogP contribution < -0.4 is 0 Å². The van der Waals surface area contributed by atoms with E-state index in [0.717, 1.165) is 17.7 Å². The summed E-state index contributed by atoms with van der Waals surface area (Å²) in [6, 6.07) is 0. The summed E-state index contributed by atoms with van der Waals surface area (Å²) in [5, 5.41) is 9.32. The van der Waals surface area contributed by atoms with Crippen molar-refractivity contribution in [3.8, 4) is 0 Å². The molecule has 0 saturated carbocycles. The number of nitrogens with zero attached hydrogens (tertiary/aromatic N) is 1. The van der Waals surface area contributed by atoms with Gasteiger partial charge in [0.05, 0.1) is 0 Å². The van der Waals surface area contributed by atoms with E-state index < -0.39 is 17.7 Å². The van der Waals surface area contributed by atoms with Gasteiger partial charge >= 0.3 is 6.18 Å². The molecule has 0 unspecified atom stereocenters. The van der Waals surface area contributed by atoms with Crippen molar-refractivity contribution in [1.82, 2.24) is 4.90 Å². The van der Waals surface area contributed by atoms with E-state index >= 15 is 0 Å². The average Bonchev–Trinajstić information content (AvgIpc) is 2.28. The molecule has 1 atom stereocenters. The van der Waals surface area contributed by atoms with Crippen LogP contribution in [0, 0.1) is 5.92 Å². The minimum absolute atomic E-state index is 0.301. The number of likely N-dealkylation sites (tertiary alicyclic amines) is 1. The quantitative estimate of drug-likeness (QED) is 0.852. The van der Waals surface area contributed by atoms with Crippen LogP contribution >= 0.6 is 0 Å². The molecule has 1 aliphatic rings. The summed E-state index contributed by atoms with van der Waals surface area (Å²) >= 11 is 0. The van der Waals surface area contributed by atoms with E-state index in [9.17, 15) is 23.1 Å². The molecule has 1 N–H and O–H groups in total. The van der Waals surface area contributed by atoms with Crippen molar-refractivity contribution < 1.29 is 23.1 Å². The number of carbonyl (C=O) groups excluding carboxylic acids is 1. The third kappa shape index (κ3) is 3.16. The molecular formula is C12H20F3NO2. The van der Waals surface area contributed by atoms with Crippen LogP contribution in [-0.2, 0) is 4.79 Å². The van der Waals surface area contributed by atoms with Crippen LogP contribution in [0.25, 0.3) is 0 Å². The zero-order valence-electron chi connectivity index (χ0n) is 10.8. The number of hydrogen-bond acceptors (Lipinski definition) is 2. The molecule has 0 aliphatic carbocycles. The molecular weight excluding hydrogens is 247 g/mol. The maximum Gasteiger partial charge on any atom is 0.426 e. The van der Waals surface area contributed by atoms with Crippen LogP contribution in [0.1, 0.15) is 39.5 Å². The Bertz CT molecular complexity index is 294. The van der Waals surface area contributed by atoms with Crippen molar-refractivity contribution in [2.45, 2.75) is 51.3 Å². The molecule has 1 amide bonds. The standard InChI is InChI=1S/C12H20F3NO2/c1-3-4-9-5-7-16(8-6-9)10(17)11(2,18)12(13,14)15/h9,18H,3-8H2,1-2H3/t11-/m0/s1. The fraction of sp³-hybridized carbons (Fsp3) is 0.917. The van der Waals surface area contributed by atoms with Gasteiger partial charge in [-0.05, 0) is 25.7 Å². The molecule has 1 fully saturated rings. The van der Waals surface area contributed by atoms with Crippen molar-refractivity contribution in [2.75, 3.05) is 13.1 Å². The molecule has 0 spiro atoms. The summed E-state index contributed by atoms with van der Waals surface area (Å²) in [5.74, 6) is -0.750. The molecule has 1 aliphatic heterocycles. The highest BCUT2D eigenvalue weighted by Gasteiger charge is 2.57. The number of hydrogen-bond donors (Lipinski definition) is 1. The third-order valence-corrected chi connectivity index (χ3v) is 3.57. The SMILES string of the molecule is CCCC1CCN(C(=O)[C@](C)(O)C(F)(F)F)CC1. The van der Waals surface area contributed by atoms with Gasteiger partial charge in [0.2, 0.25) is 5.60 Å². The number of aliphatic hydroxyl groups is 1. The second-order valence-electron chi connectivity index (χ2n) is 5.09. The Labute approximate surface area is 105 Å². The Balaban J connectivity index is 2.60. The van der Waals surface area contributed by atoms with Crippen LogP contribution in [0.5, 0.6) is 0 Å². The summed E-state index contributed by atoms with van der Waals surface area (Å²) in [6.07, 6.45) is -1.41. The summed E-state index contributed by atoms with van der Waals surface area (Å²) in [6.45, 7) is 3.19. The van der Waals surface area contributed by atoms with Crippen molar-refractivity contribution in [3.63, 3.8) is 0 Å². The van der Waals surface area contributed by atoms with E-state index in [0.29, 0.717) is 38.8 Å². The first-order valence-corrected chi connectivity index (χ1v) is 6.28. The smallest absolute Gasteiger partial charge is 0.373 e. The molecule has 106 valence electrons. The number of piperidine rings is 1. The maximum atomic E-state index is 12.5. The van der Waals surface area contributed by atoms with Gasteiger partial charge in [0.25, 0.3) is 5.91 Å². The van der Waals surface area contributed by atoms with Crippen molar-refractivity contribution in [3.05, 3.63) is 0 Å². The van der Waals surface area contributed by atoms with Gasteiger partial charge in [0.15, 0.2) is 0 Å². The van der Waals surface area contributed by atoms with Crippen molar-refractivity contribution in [2.24, 2.45) is 5.92 Å². The Morgan fingerprint density at radius 1 is 1.33 bits per heavy atom. The van der Waals surface area contributed by atoms with Crippen molar-refractivity contribution >= 4 is 5.91 Å². The summed E-state index contributed by atoms with van der Waals surface area (Å²) in [5.41, 5.74) is -3.27. The zero-order valence-corrected chi connectivity index (χ0v) is 10.8. The van der Waals surface area contributed by atoms with E-state index in [4.69, 9.17) is 0 Å². The van der Waals surface area contributed by atoms with Gasteiger partial charge in [-0.25, -0.2) is 0 Å². The Hall–Kier alpha value is -0.780. The molecule has 0 aromatic rings. The molecule has 1 rings (SSSR count). The van der Waals surface area contributed by atoms with Crippen LogP contribution in [0.15, 0.2) is 0 Å². The lowest BCUT2D eigenvalue weighted by Gasteiger charge is -2.36. The highest BCUT2D eigenvalue weighted by atomic mass is 19.4. The summed E-state index contributed by atoms with van der Waals surface area (Å²) in [4.78, 5) is 12.8. The van der Waals surface area contributed by atoms with Gasteiger partial charge < -0.3 is 10.0 Å². The number of halogens is 3. The fourth-order valence-corrected chi connectivity index (χ4v) is 2.26. The van der Waals surface area contributed by atoms with Gasteiger partial charge in [-0.1, -0.05) is 19.8 Å². The molecule has 0 bridgehead atoms. The van der Waals surface area contributed by atoms with Crippen LogP contribution in [0.2, 0.25) is 0 Å². The lowest BCUT2D eigenvalue weighted by molar-refractivity contribution is -0.250. The second-order valence-corrected chi connectivity index (χ2v) is 5.09. The van der Waals surface area contributed by atoms with Crippen LogP contribution in [0.3, 0.4) is 0 Å². The third-order valence-electron chi connectivity index (χ3n) is 3.57. The van der Waals surface area contributed by atoms with Crippen LogP contribution in [-0.4, -0.2) is 40.8 Å². The molecule has 0 aromatic heterocycles. The minimum Gasteiger partial charge on any atom is -0.373 e. The van der Waals surface area contributed by atoms with Gasteiger partial charge in [0, 0.05) is 13.1 Å². The van der Waals surface area contributed by atoms with E-state index in [2.05, 4.69) is 6.92 Å². The molecule has 18 heavy (non-hydrogen) atoms. The van der Waals surface area contributed by atoms with Crippen molar-refractivity contribution in [1.29, 1.82) is 0 Å². The number of carbonyl (C=O) groups is 1. The predicted octanol–water partition coefficient (Wildman–Crippen LogP) is 2.34. The lowest BCUT2D eigenvalue weighted by Crippen LogP contribution is -2.57. The number of alkyl halides is 3.